The van der Waals surface area contributed by atoms with Gasteiger partial charge in [-0.2, -0.15) is 0 Å². The van der Waals surface area contributed by atoms with Crippen molar-refractivity contribution in [1.29, 1.82) is 0 Å². The quantitative estimate of drug-likeness (QED) is 0.751. The van der Waals surface area contributed by atoms with Crippen LogP contribution in [-0.4, -0.2) is 16.2 Å². The molecule has 13 heavy (non-hydrogen) atoms. The molecule has 0 spiro atoms. The second-order valence-electron chi connectivity index (χ2n) is 3.13. The van der Waals surface area contributed by atoms with Crippen molar-refractivity contribution < 1.29 is 5.11 Å². The van der Waals surface area contributed by atoms with Gasteiger partial charge in [0.1, 0.15) is 0 Å². The first-order chi connectivity index (χ1) is 6.13. The van der Waals surface area contributed by atoms with Crippen LogP contribution < -0.4 is 0 Å². The molecule has 0 aliphatic rings. The van der Waals surface area contributed by atoms with Crippen LogP contribution in [0.5, 0.6) is 0 Å². The first-order valence-electron chi connectivity index (χ1n) is 4.35. The molecule has 72 valence electrons. The number of nitrogens with zero attached hydrogens (tertiary/aromatic N) is 1. The Morgan fingerprint density at radius 3 is 2.77 bits per heavy atom. The van der Waals surface area contributed by atoms with Gasteiger partial charge in [-0.25, -0.2) is 4.98 Å². The topological polar surface area (TPSA) is 33.1 Å². The lowest BCUT2D eigenvalue weighted by Gasteiger charge is -2.03. The van der Waals surface area contributed by atoms with Crippen molar-refractivity contribution >= 4 is 11.3 Å². The Balaban J connectivity index is 2.58. The third kappa shape index (κ3) is 2.94. The van der Waals surface area contributed by atoms with Gasteiger partial charge >= 0.3 is 0 Å². The fourth-order valence-electron chi connectivity index (χ4n) is 1.10. The number of hydrogen-bond donors (Lipinski definition) is 1. The van der Waals surface area contributed by atoms with E-state index in [1.54, 1.807) is 17.4 Å². The molecule has 0 fully saturated rings. The Hall–Kier alpha value is -0.670. The van der Waals surface area contributed by atoms with Gasteiger partial charge in [0.2, 0.25) is 0 Å². The molecule has 0 saturated carbocycles. The Labute approximate surface area is 83.0 Å². The van der Waals surface area contributed by atoms with Crippen LogP contribution in [-0.2, 0) is 6.42 Å². The maximum Gasteiger partial charge on any atom is 0.0956 e. The largest absolute Gasteiger partial charge is 0.392 e. The summed E-state index contributed by atoms with van der Waals surface area (Å²) in [6, 6.07) is 0. The van der Waals surface area contributed by atoms with E-state index in [0.717, 1.165) is 10.7 Å². The lowest BCUT2D eigenvalue weighted by Crippen LogP contribution is -2.08. The second kappa shape index (κ2) is 4.53. The minimum absolute atomic E-state index is 0.331. The summed E-state index contributed by atoms with van der Waals surface area (Å²) in [7, 11) is 0. The van der Waals surface area contributed by atoms with E-state index >= 15 is 0 Å². The van der Waals surface area contributed by atoms with Crippen molar-refractivity contribution in [3.63, 3.8) is 0 Å². The summed E-state index contributed by atoms with van der Waals surface area (Å²) in [6.07, 6.45) is 2.68. The molecule has 1 rings (SSSR count). The smallest absolute Gasteiger partial charge is 0.0956 e. The first kappa shape index (κ1) is 10.4. The van der Waals surface area contributed by atoms with Crippen LogP contribution in [0.15, 0.2) is 12.7 Å². The van der Waals surface area contributed by atoms with Gasteiger partial charge in [-0.1, -0.05) is 6.08 Å². The minimum atomic E-state index is -0.331. The van der Waals surface area contributed by atoms with Crippen LogP contribution >= 0.6 is 11.3 Å². The van der Waals surface area contributed by atoms with Crippen molar-refractivity contribution in [1.82, 2.24) is 4.98 Å². The van der Waals surface area contributed by atoms with E-state index < -0.39 is 0 Å². The third-order valence-electron chi connectivity index (χ3n) is 1.92. The minimum Gasteiger partial charge on any atom is -0.392 e. The number of hydrogen-bond acceptors (Lipinski definition) is 3. The lowest BCUT2D eigenvalue weighted by atomic mass is 10.2. The van der Waals surface area contributed by atoms with E-state index in [9.17, 15) is 5.11 Å². The molecule has 1 atom stereocenters. The molecule has 2 nitrogen and oxygen atoms in total. The van der Waals surface area contributed by atoms with Crippen LogP contribution in [0.25, 0.3) is 0 Å². The molecule has 1 unspecified atom stereocenters. The third-order valence-corrected chi connectivity index (χ3v) is 3.02. The van der Waals surface area contributed by atoms with Crippen LogP contribution in [0, 0.1) is 13.8 Å². The fraction of sp³-hybridized carbons (Fsp3) is 0.500. The first-order valence-corrected chi connectivity index (χ1v) is 5.17. The molecule has 1 heterocycles. The van der Waals surface area contributed by atoms with E-state index in [4.69, 9.17) is 0 Å². The van der Waals surface area contributed by atoms with Gasteiger partial charge in [0.15, 0.2) is 0 Å². The SMILES string of the molecule is C=CCC(O)Cc1nc(C)c(C)s1. The van der Waals surface area contributed by atoms with Crippen molar-refractivity contribution in [2.75, 3.05) is 0 Å². The summed E-state index contributed by atoms with van der Waals surface area (Å²) >= 11 is 1.66. The molecule has 1 aromatic heterocycles. The summed E-state index contributed by atoms with van der Waals surface area (Å²) in [4.78, 5) is 5.59. The average Bonchev–Trinajstić information content (AvgIpc) is 2.31. The Kier molecular flexibility index (Phi) is 3.63. The molecule has 0 aromatic carbocycles. The van der Waals surface area contributed by atoms with Gasteiger partial charge in [0, 0.05) is 11.3 Å². The zero-order valence-corrected chi connectivity index (χ0v) is 8.90. The molecular weight excluding hydrogens is 182 g/mol. The number of thiazole rings is 1. The van der Waals surface area contributed by atoms with Crippen molar-refractivity contribution in [2.45, 2.75) is 32.8 Å². The molecular formula is C10H15NOS. The zero-order chi connectivity index (χ0) is 9.84. The van der Waals surface area contributed by atoms with E-state index in [-0.39, 0.29) is 6.10 Å². The monoisotopic (exact) mass is 197 g/mol. The molecule has 0 amide bonds. The Bertz CT molecular complexity index is 274. The number of aryl methyl sites for hydroxylation is 2. The number of aliphatic hydroxyl groups is 1. The van der Waals surface area contributed by atoms with Crippen LogP contribution in [0.4, 0.5) is 0 Å². The van der Waals surface area contributed by atoms with Gasteiger partial charge in [-0.15, -0.1) is 17.9 Å². The zero-order valence-electron chi connectivity index (χ0n) is 8.08. The van der Waals surface area contributed by atoms with Gasteiger partial charge in [0.25, 0.3) is 0 Å². The van der Waals surface area contributed by atoms with Gasteiger partial charge in [-0.3, -0.25) is 0 Å². The molecule has 1 aromatic rings. The molecule has 0 aliphatic carbocycles. The van der Waals surface area contributed by atoms with Gasteiger partial charge in [0.05, 0.1) is 16.8 Å². The highest BCUT2D eigenvalue weighted by Crippen LogP contribution is 2.18. The molecule has 3 heteroatoms. The molecule has 0 saturated heterocycles. The Morgan fingerprint density at radius 2 is 2.31 bits per heavy atom. The van der Waals surface area contributed by atoms with Gasteiger partial charge in [-0.05, 0) is 20.3 Å². The van der Waals surface area contributed by atoms with E-state index in [2.05, 4.69) is 18.5 Å². The average molecular weight is 197 g/mol. The molecule has 0 aliphatic heterocycles. The standard InChI is InChI=1S/C10H15NOS/c1-4-5-9(12)6-10-11-7(2)8(3)13-10/h4,9,12H,1,5-6H2,2-3H3. The normalized spacial score (nSPS) is 12.8. The molecule has 0 radical (unpaired) electrons. The molecule has 1 N–H and O–H groups in total. The maximum atomic E-state index is 9.50. The van der Waals surface area contributed by atoms with E-state index in [1.807, 2.05) is 6.92 Å². The number of aromatic nitrogens is 1. The fourth-order valence-corrected chi connectivity index (χ4v) is 2.11. The summed E-state index contributed by atoms with van der Waals surface area (Å²) in [5, 5.41) is 10.5. The maximum absolute atomic E-state index is 9.50. The number of rotatable bonds is 4. The lowest BCUT2D eigenvalue weighted by molar-refractivity contribution is 0.178. The molecule has 0 bridgehead atoms. The van der Waals surface area contributed by atoms with E-state index in [0.29, 0.717) is 12.8 Å². The van der Waals surface area contributed by atoms with Crippen molar-refractivity contribution in [2.24, 2.45) is 0 Å². The predicted octanol–water partition coefficient (Wildman–Crippen LogP) is 2.24. The summed E-state index contributed by atoms with van der Waals surface area (Å²) in [5.41, 5.74) is 1.07. The highest BCUT2D eigenvalue weighted by Gasteiger charge is 2.08. The number of aliphatic hydroxyl groups excluding tert-OH is 1. The van der Waals surface area contributed by atoms with Gasteiger partial charge < -0.3 is 5.11 Å². The summed E-state index contributed by atoms with van der Waals surface area (Å²) in [6.45, 7) is 7.64. The highest BCUT2D eigenvalue weighted by molar-refractivity contribution is 7.11. The second-order valence-corrected chi connectivity index (χ2v) is 4.42. The Morgan fingerprint density at radius 1 is 1.62 bits per heavy atom. The van der Waals surface area contributed by atoms with Crippen LogP contribution in [0.3, 0.4) is 0 Å². The van der Waals surface area contributed by atoms with Crippen molar-refractivity contribution in [3.8, 4) is 0 Å². The van der Waals surface area contributed by atoms with Crippen LogP contribution in [0.1, 0.15) is 22.0 Å². The summed E-state index contributed by atoms with van der Waals surface area (Å²) < 4.78 is 0. The predicted molar refractivity (Wildman–Crippen MR) is 56.1 cm³/mol. The van der Waals surface area contributed by atoms with E-state index in [1.165, 1.54) is 4.88 Å². The summed E-state index contributed by atoms with van der Waals surface area (Å²) in [5.74, 6) is 0. The van der Waals surface area contributed by atoms with Crippen molar-refractivity contribution in [3.05, 3.63) is 28.2 Å². The van der Waals surface area contributed by atoms with Crippen LogP contribution in [0.2, 0.25) is 0 Å². The highest BCUT2D eigenvalue weighted by atomic mass is 32.1.